The Labute approximate surface area is 226 Å². The Morgan fingerprint density at radius 3 is 2.24 bits per heavy atom. The molecule has 38 heavy (non-hydrogen) atoms. The number of ether oxygens (including phenoxy) is 1. The average Bonchev–Trinajstić information content (AvgIpc) is 2.93. The van der Waals surface area contributed by atoms with Gasteiger partial charge in [0.2, 0.25) is 5.91 Å². The van der Waals surface area contributed by atoms with Crippen molar-refractivity contribution in [3.63, 3.8) is 0 Å². The first-order valence-electron chi connectivity index (χ1n) is 12.5. The summed E-state index contributed by atoms with van der Waals surface area (Å²) in [5.41, 5.74) is 0.895. The van der Waals surface area contributed by atoms with Crippen LogP contribution in [0, 0.1) is 11.7 Å². The highest BCUT2D eigenvalue weighted by molar-refractivity contribution is 6.29. The van der Waals surface area contributed by atoms with Gasteiger partial charge in [-0.15, -0.1) is 11.6 Å². The van der Waals surface area contributed by atoms with Crippen LogP contribution in [0.15, 0.2) is 78.9 Å². The molecule has 2 atom stereocenters. The van der Waals surface area contributed by atoms with Crippen molar-refractivity contribution < 1.29 is 23.9 Å². The van der Waals surface area contributed by atoms with Crippen molar-refractivity contribution in [2.75, 3.05) is 30.4 Å². The van der Waals surface area contributed by atoms with Gasteiger partial charge in [0.05, 0.1) is 6.04 Å². The maximum absolute atomic E-state index is 14.1. The first kappa shape index (κ1) is 27.6. The van der Waals surface area contributed by atoms with Crippen molar-refractivity contribution in [3.8, 4) is 11.5 Å². The molecule has 7 nitrogen and oxygen atoms in total. The molecule has 0 aliphatic carbocycles. The average molecular weight is 540 g/mol. The number of piperazine rings is 1. The Balaban J connectivity index is 1.70. The molecule has 2 amide bonds. The molecule has 9 heteroatoms. The summed E-state index contributed by atoms with van der Waals surface area (Å²) in [7, 11) is 0. The highest BCUT2D eigenvalue weighted by atomic mass is 35.5. The molecule has 4 rings (SSSR count). The summed E-state index contributed by atoms with van der Waals surface area (Å²) in [5.74, 6) is -0.306. The van der Waals surface area contributed by atoms with E-state index in [0.717, 1.165) is 0 Å². The van der Waals surface area contributed by atoms with Crippen molar-refractivity contribution in [1.82, 2.24) is 9.96 Å². The van der Waals surface area contributed by atoms with E-state index in [1.807, 2.05) is 44.2 Å². The third-order valence-corrected chi connectivity index (χ3v) is 6.85. The minimum atomic E-state index is -1.08. The van der Waals surface area contributed by atoms with E-state index in [1.165, 1.54) is 34.2 Å². The molecule has 1 fully saturated rings. The molecule has 1 heterocycles. The molecule has 0 unspecified atom stereocenters. The lowest BCUT2D eigenvalue weighted by Gasteiger charge is -2.42. The third kappa shape index (κ3) is 6.32. The quantitative estimate of drug-likeness (QED) is 0.383. The molecular weight excluding hydrogens is 509 g/mol. The minimum absolute atomic E-state index is 0.0950. The Bertz CT molecular complexity index is 1220. The van der Waals surface area contributed by atoms with Crippen LogP contribution in [0.4, 0.5) is 10.1 Å². The summed E-state index contributed by atoms with van der Waals surface area (Å²) < 4.78 is 19.7. The van der Waals surface area contributed by atoms with Gasteiger partial charge in [-0.1, -0.05) is 44.2 Å². The molecule has 200 valence electrons. The molecule has 0 bridgehead atoms. The molecule has 1 N–H and O–H groups in total. The van der Waals surface area contributed by atoms with Crippen LogP contribution in [0.1, 0.15) is 25.5 Å². The normalized spacial score (nSPS) is 16.8. The summed E-state index contributed by atoms with van der Waals surface area (Å²) in [4.78, 5) is 30.3. The number of carbonyl (C=O) groups is 2. The van der Waals surface area contributed by atoms with Crippen LogP contribution in [0.2, 0.25) is 0 Å². The van der Waals surface area contributed by atoms with E-state index in [-0.39, 0.29) is 43.4 Å². The molecule has 1 aliphatic heterocycles. The topological polar surface area (TPSA) is 73.3 Å². The van der Waals surface area contributed by atoms with Crippen LogP contribution in [0.25, 0.3) is 0 Å². The minimum Gasteiger partial charge on any atom is -0.457 e. The Morgan fingerprint density at radius 2 is 1.63 bits per heavy atom. The standard InChI is InChI=1S/C29H31ClFN3O4/c1-20(2)26-19-32(16-17-33(26)37)29(36)28(21-8-10-22(31)11-9-21)34(27(35)18-30)23-12-14-25(15-13-23)38-24-6-4-3-5-7-24/h3-15,20,26,28,37H,16-19H2,1-2H3/t26-,28-/m0/s1. The number of halogens is 2. The maximum Gasteiger partial charge on any atom is 0.250 e. The van der Waals surface area contributed by atoms with Crippen LogP contribution in [-0.4, -0.2) is 58.5 Å². The first-order valence-corrected chi connectivity index (χ1v) is 13.0. The van der Waals surface area contributed by atoms with E-state index >= 15 is 0 Å². The molecule has 0 saturated carbocycles. The lowest BCUT2D eigenvalue weighted by Crippen LogP contribution is -2.57. The molecule has 1 aliphatic rings. The van der Waals surface area contributed by atoms with E-state index in [2.05, 4.69) is 0 Å². The smallest absolute Gasteiger partial charge is 0.250 e. The Morgan fingerprint density at radius 1 is 1.00 bits per heavy atom. The van der Waals surface area contributed by atoms with E-state index in [9.17, 15) is 19.2 Å². The van der Waals surface area contributed by atoms with Gasteiger partial charge in [-0.05, 0) is 60.0 Å². The second-order valence-electron chi connectivity index (χ2n) is 9.52. The maximum atomic E-state index is 14.1. The van der Waals surface area contributed by atoms with Crippen LogP contribution < -0.4 is 9.64 Å². The summed E-state index contributed by atoms with van der Waals surface area (Å²) in [5, 5.41) is 11.6. The first-order chi connectivity index (χ1) is 18.3. The van der Waals surface area contributed by atoms with Crippen LogP contribution in [-0.2, 0) is 9.59 Å². The second kappa shape index (κ2) is 12.4. The fourth-order valence-corrected chi connectivity index (χ4v) is 4.71. The Kier molecular flexibility index (Phi) is 8.99. The molecule has 0 aromatic heterocycles. The van der Waals surface area contributed by atoms with E-state index in [1.54, 1.807) is 29.2 Å². The molecular formula is C29H31ClFN3O4. The SMILES string of the molecule is CC(C)[C@@H]1CN(C(=O)[C@H](c2ccc(F)cc2)N(C(=O)CCl)c2ccc(Oc3ccccc3)cc2)CCN1O. The van der Waals surface area contributed by atoms with E-state index < -0.39 is 17.8 Å². The van der Waals surface area contributed by atoms with Gasteiger partial charge in [0.15, 0.2) is 0 Å². The lowest BCUT2D eigenvalue weighted by molar-refractivity contribution is -0.174. The number of benzene rings is 3. The molecule has 0 radical (unpaired) electrons. The van der Waals surface area contributed by atoms with Crippen molar-refractivity contribution in [1.29, 1.82) is 0 Å². The number of amides is 2. The van der Waals surface area contributed by atoms with E-state index in [4.69, 9.17) is 16.3 Å². The van der Waals surface area contributed by atoms with Crippen LogP contribution in [0.5, 0.6) is 11.5 Å². The monoisotopic (exact) mass is 539 g/mol. The summed E-state index contributed by atoms with van der Waals surface area (Å²) >= 11 is 6.03. The Hall–Kier alpha value is -3.46. The van der Waals surface area contributed by atoms with Gasteiger partial charge in [0, 0.05) is 25.3 Å². The largest absolute Gasteiger partial charge is 0.457 e. The van der Waals surface area contributed by atoms with Gasteiger partial charge in [0.1, 0.15) is 29.2 Å². The number of hydroxylamine groups is 2. The van der Waals surface area contributed by atoms with Crippen molar-refractivity contribution >= 4 is 29.1 Å². The van der Waals surface area contributed by atoms with Crippen molar-refractivity contribution in [2.45, 2.75) is 25.9 Å². The molecule has 1 saturated heterocycles. The van der Waals surface area contributed by atoms with E-state index in [0.29, 0.717) is 22.7 Å². The predicted octanol–water partition coefficient (Wildman–Crippen LogP) is 5.49. The molecule has 3 aromatic rings. The molecule has 3 aromatic carbocycles. The number of hydrogen-bond donors (Lipinski definition) is 1. The highest BCUT2D eigenvalue weighted by Crippen LogP contribution is 2.33. The third-order valence-electron chi connectivity index (χ3n) is 6.63. The second-order valence-corrected chi connectivity index (χ2v) is 9.79. The van der Waals surface area contributed by atoms with Crippen molar-refractivity contribution in [2.24, 2.45) is 5.92 Å². The fraction of sp³-hybridized carbons (Fsp3) is 0.310. The van der Waals surface area contributed by atoms with Gasteiger partial charge in [0.25, 0.3) is 5.91 Å². The number of rotatable bonds is 8. The van der Waals surface area contributed by atoms with Gasteiger partial charge in [-0.25, -0.2) is 4.39 Å². The van der Waals surface area contributed by atoms with Gasteiger partial charge < -0.3 is 14.8 Å². The fourth-order valence-electron chi connectivity index (χ4n) is 4.58. The summed E-state index contributed by atoms with van der Waals surface area (Å²) in [6.45, 7) is 4.80. The summed E-state index contributed by atoms with van der Waals surface area (Å²) in [6, 6.07) is 20.3. The molecule has 0 spiro atoms. The predicted molar refractivity (Wildman–Crippen MR) is 144 cm³/mol. The number of nitrogens with zero attached hydrogens (tertiary/aromatic N) is 3. The van der Waals surface area contributed by atoms with Gasteiger partial charge >= 0.3 is 0 Å². The number of anilines is 1. The number of carbonyl (C=O) groups excluding carboxylic acids is 2. The number of para-hydroxylation sites is 1. The van der Waals surface area contributed by atoms with Crippen LogP contribution in [0.3, 0.4) is 0 Å². The lowest BCUT2D eigenvalue weighted by atomic mass is 9.98. The van der Waals surface area contributed by atoms with Crippen molar-refractivity contribution in [3.05, 3.63) is 90.2 Å². The zero-order chi connectivity index (χ0) is 27.2. The van der Waals surface area contributed by atoms with Gasteiger partial charge in [-0.2, -0.15) is 5.06 Å². The zero-order valence-corrected chi connectivity index (χ0v) is 22.1. The van der Waals surface area contributed by atoms with Gasteiger partial charge in [-0.3, -0.25) is 14.5 Å². The zero-order valence-electron chi connectivity index (χ0n) is 21.3. The summed E-state index contributed by atoms with van der Waals surface area (Å²) in [6.07, 6.45) is 0. The number of hydrogen-bond acceptors (Lipinski definition) is 5. The number of alkyl halides is 1. The highest BCUT2D eigenvalue weighted by Gasteiger charge is 2.39. The van der Waals surface area contributed by atoms with Crippen LogP contribution >= 0.6 is 11.6 Å².